The lowest BCUT2D eigenvalue weighted by Gasteiger charge is -2.14. The predicted octanol–water partition coefficient (Wildman–Crippen LogP) is 4.40. The fourth-order valence-electron chi connectivity index (χ4n) is 2.80. The van der Waals surface area contributed by atoms with Crippen molar-refractivity contribution in [2.45, 2.75) is 6.92 Å². The monoisotopic (exact) mass is 503 g/mol. The van der Waals surface area contributed by atoms with Crippen molar-refractivity contribution in [3.05, 3.63) is 57.4 Å². The summed E-state index contributed by atoms with van der Waals surface area (Å²) in [6, 6.07) is 12.7. The Labute approximate surface area is 193 Å². The summed E-state index contributed by atoms with van der Waals surface area (Å²) in [6.45, 7) is 2.12. The molecule has 1 aliphatic rings. The summed E-state index contributed by atoms with van der Waals surface area (Å²) < 4.78 is 12.1. The number of hydrogen-bond acceptors (Lipinski definition) is 6. The topological polar surface area (TPSA) is 80.2 Å². The van der Waals surface area contributed by atoms with Gasteiger partial charge in [0.1, 0.15) is 0 Å². The second kappa shape index (κ2) is 10.5. The van der Waals surface area contributed by atoms with Crippen LogP contribution in [0.25, 0.3) is 6.08 Å². The van der Waals surface area contributed by atoms with Crippen LogP contribution in [0.5, 0.6) is 11.5 Å². The molecule has 0 aromatic heterocycles. The zero-order chi connectivity index (χ0) is 22.4. The van der Waals surface area contributed by atoms with Crippen LogP contribution in [-0.4, -0.2) is 49.2 Å². The third kappa shape index (κ3) is 5.68. The van der Waals surface area contributed by atoms with Crippen LogP contribution in [-0.2, 0) is 9.59 Å². The van der Waals surface area contributed by atoms with Crippen molar-refractivity contribution < 1.29 is 19.1 Å². The number of rotatable bonds is 7. The van der Waals surface area contributed by atoms with Gasteiger partial charge in [-0.3, -0.25) is 19.5 Å². The standard InChI is InChI=1S/C22H22BrN3O4S/c1-4-29-17-10-14(11-19-21(28)26(3)22(24-2)31-19)16(23)12-18(17)30-13-20(27)25-15-8-6-5-7-9-15/h5-12H,4,13H2,1-3H3,(H,25,27)/b19-11+,24-22?. The van der Waals surface area contributed by atoms with Crippen molar-refractivity contribution in [2.75, 3.05) is 32.6 Å². The molecule has 162 valence electrons. The van der Waals surface area contributed by atoms with Crippen molar-refractivity contribution in [2.24, 2.45) is 4.99 Å². The van der Waals surface area contributed by atoms with E-state index < -0.39 is 0 Å². The molecule has 9 heteroatoms. The third-order valence-corrected chi connectivity index (χ3v) is 6.10. The van der Waals surface area contributed by atoms with Gasteiger partial charge in [-0.1, -0.05) is 34.1 Å². The summed E-state index contributed by atoms with van der Waals surface area (Å²) in [5, 5.41) is 3.41. The molecule has 2 amide bonds. The van der Waals surface area contributed by atoms with Crippen LogP contribution in [0.4, 0.5) is 5.69 Å². The number of ether oxygens (including phenoxy) is 2. The number of thioether (sulfide) groups is 1. The largest absolute Gasteiger partial charge is 0.490 e. The third-order valence-electron chi connectivity index (χ3n) is 4.26. The lowest BCUT2D eigenvalue weighted by atomic mass is 10.2. The minimum atomic E-state index is -0.279. The average Bonchev–Trinajstić information content (AvgIpc) is 3.03. The minimum Gasteiger partial charge on any atom is -0.490 e. The maximum absolute atomic E-state index is 12.4. The molecule has 2 aromatic carbocycles. The second-order valence-electron chi connectivity index (χ2n) is 6.44. The number of nitrogens with one attached hydrogen (secondary N) is 1. The lowest BCUT2D eigenvalue weighted by Crippen LogP contribution is -2.23. The fraction of sp³-hybridized carbons (Fsp3) is 0.227. The van der Waals surface area contributed by atoms with Crippen molar-refractivity contribution >= 4 is 56.4 Å². The van der Waals surface area contributed by atoms with E-state index in [9.17, 15) is 9.59 Å². The highest BCUT2D eigenvalue weighted by atomic mass is 79.9. The van der Waals surface area contributed by atoms with Crippen LogP contribution in [0.3, 0.4) is 0 Å². The van der Waals surface area contributed by atoms with Gasteiger partial charge in [-0.15, -0.1) is 0 Å². The number of para-hydroxylation sites is 1. The molecule has 1 N–H and O–H groups in total. The SMILES string of the molecule is CCOc1cc(/C=C2/SC(=NC)N(C)C2=O)c(Br)cc1OCC(=O)Nc1ccccc1. The molecule has 0 bridgehead atoms. The first-order chi connectivity index (χ1) is 14.9. The van der Waals surface area contributed by atoms with E-state index in [-0.39, 0.29) is 18.4 Å². The Bertz CT molecular complexity index is 1040. The number of aliphatic imine (C=N–C) groups is 1. The quantitative estimate of drug-likeness (QED) is 0.566. The first-order valence-electron chi connectivity index (χ1n) is 9.51. The molecule has 0 radical (unpaired) electrons. The molecule has 0 aliphatic carbocycles. The first-order valence-corrected chi connectivity index (χ1v) is 11.1. The highest BCUT2D eigenvalue weighted by molar-refractivity contribution is 9.10. The number of nitrogens with zero attached hydrogens (tertiary/aromatic N) is 2. The first kappa shape index (κ1) is 22.9. The van der Waals surface area contributed by atoms with Crippen LogP contribution in [0.2, 0.25) is 0 Å². The van der Waals surface area contributed by atoms with Crippen molar-refractivity contribution in [1.29, 1.82) is 0 Å². The maximum Gasteiger partial charge on any atom is 0.266 e. The van der Waals surface area contributed by atoms with E-state index in [2.05, 4.69) is 26.2 Å². The number of likely N-dealkylation sites (N-methyl/N-ethyl adjacent to an activating group) is 1. The van der Waals surface area contributed by atoms with E-state index in [1.807, 2.05) is 25.1 Å². The number of carbonyl (C=O) groups excluding carboxylic acids is 2. The summed E-state index contributed by atoms with van der Waals surface area (Å²) in [4.78, 5) is 30.8. The number of hydrogen-bond donors (Lipinski definition) is 1. The van der Waals surface area contributed by atoms with E-state index in [0.717, 1.165) is 5.56 Å². The smallest absolute Gasteiger partial charge is 0.266 e. The molecule has 31 heavy (non-hydrogen) atoms. The molecule has 0 saturated carbocycles. The second-order valence-corrected chi connectivity index (χ2v) is 8.30. The molecule has 1 saturated heterocycles. The Hall–Kier alpha value is -2.78. The molecular weight excluding hydrogens is 482 g/mol. The molecule has 1 aliphatic heterocycles. The van der Waals surface area contributed by atoms with Crippen LogP contribution in [0.1, 0.15) is 12.5 Å². The van der Waals surface area contributed by atoms with E-state index >= 15 is 0 Å². The predicted molar refractivity (Wildman–Crippen MR) is 128 cm³/mol. The maximum atomic E-state index is 12.4. The normalized spacial score (nSPS) is 16.1. The number of amidine groups is 1. The summed E-state index contributed by atoms with van der Waals surface area (Å²) >= 11 is 4.83. The summed E-state index contributed by atoms with van der Waals surface area (Å²) in [7, 11) is 3.34. The lowest BCUT2D eigenvalue weighted by molar-refractivity contribution is -0.121. The molecule has 1 fully saturated rings. The van der Waals surface area contributed by atoms with Crippen molar-refractivity contribution in [3.8, 4) is 11.5 Å². The van der Waals surface area contributed by atoms with Gasteiger partial charge in [0.05, 0.1) is 11.5 Å². The number of anilines is 1. The Morgan fingerprint density at radius 3 is 2.58 bits per heavy atom. The van der Waals surface area contributed by atoms with Crippen LogP contribution in [0, 0.1) is 0 Å². The van der Waals surface area contributed by atoms with E-state index in [1.54, 1.807) is 44.4 Å². The Morgan fingerprint density at radius 2 is 1.94 bits per heavy atom. The molecule has 2 aromatic rings. The molecule has 0 atom stereocenters. The minimum absolute atomic E-state index is 0.117. The van der Waals surface area contributed by atoms with E-state index in [0.29, 0.717) is 38.3 Å². The van der Waals surface area contributed by atoms with Gasteiger partial charge in [0, 0.05) is 24.3 Å². The zero-order valence-electron chi connectivity index (χ0n) is 17.3. The molecular formula is C22H22BrN3O4S. The van der Waals surface area contributed by atoms with Gasteiger partial charge in [0.25, 0.3) is 11.8 Å². The molecule has 0 unspecified atom stereocenters. The van der Waals surface area contributed by atoms with Gasteiger partial charge in [-0.2, -0.15) is 0 Å². The zero-order valence-corrected chi connectivity index (χ0v) is 19.7. The van der Waals surface area contributed by atoms with Crippen LogP contribution >= 0.6 is 27.7 Å². The Kier molecular flexibility index (Phi) is 7.75. The number of carbonyl (C=O) groups is 2. The van der Waals surface area contributed by atoms with Gasteiger partial charge in [-0.25, -0.2) is 0 Å². The number of amides is 2. The Morgan fingerprint density at radius 1 is 1.23 bits per heavy atom. The van der Waals surface area contributed by atoms with Crippen molar-refractivity contribution in [1.82, 2.24) is 4.90 Å². The average molecular weight is 504 g/mol. The molecule has 3 rings (SSSR count). The summed E-state index contributed by atoms with van der Waals surface area (Å²) in [5.41, 5.74) is 1.45. The van der Waals surface area contributed by atoms with Crippen molar-refractivity contribution in [3.63, 3.8) is 0 Å². The number of benzene rings is 2. The van der Waals surface area contributed by atoms with E-state index in [1.165, 1.54) is 16.7 Å². The molecule has 1 heterocycles. The summed E-state index contributed by atoms with van der Waals surface area (Å²) in [6.07, 6.45) is 1.78. The number of halogens is 1. The molecule has 0 spiro atoms. The highest BCUT2D eigenvalue weighted by Crippen LogP contribution is 2.38. The van der Waals surface area contributed by atoms with Gasteiger partial charge in [-0.05, 0) is 54.6 Å². The summed E-state index contributed by atoms with van der Waals surface area (Å²) in [5.74, 6) is 0.516. The highest BCUT2D eigenvalue weighted by Gasteiger charge is 2.30. The van der Waals surface area contributed by atoms with E-state index in [4.69, 9.17) is 9.47 Å². The Balaban J connectivity index is 1.78. The van der Waals surface area contributed by atoms with Gasteiger partial charge < -0.3 is 14.8 Å². The molecule has 7 nitrogen and oxygen atoms in total. The van der Waals surface area contributed by atoms with Gasteiger partial charge in [0.15, 0.2) is 23.3 Å². The van der Waals surface area contributed by atoms with Crippen LogP contribution < -0.4 is 14.8 Å². The van der Waals surface area contributed by atoms with Gasteiger partial charge >= 0.3 is 0 Å². The van der Waals surface area contributed by atoms with Gasteiger partial charge in [0.2, 0.25) is 0 Å². The fourth-order valence-corrected chi connectivity index (χ4v) is 4.15. The van der Waals surface area contributed by atoms with Crippen LogP contribution in [0.15, 0.2) is 56.8 Å².